The standard InChI is InChI=1S/C14H17BrN4OS/c1-20-14-5-13(16-9-17-14)18-11-2-3-19(6-11)7-12-4-10(15)8-21-12/h4-5,8-9,11H,2-3,6-7H2,1H3,(H,16,17,18). The molecule has 2 aromatic heterocycles. The van der Waals surface area contributed by atoms with Gasteiger partial charge in [0.25, 0.3) is 0 Å². The quantitative estimate of drug-likeness (QED) is 0.878. The highest BCUT2D eigenvalue weighted by Gasteiger charge is 2.23. The molecule has 2 aromatic rings. The monoisotopic (exact) mass is 368 g/mol. The van der Waals surface area contributed by atoms with Crippen LogP contribution in [0.5, 0.6) is 5.88 Å². The zero-order valence-corrected chi connectivity index (χ0v) is 14.2. The summed E-state index contributed by atoms with van der Waals surface area (Å²) in [5.41, 5.74) is 0. The molecule has 0 spiro atoms. The molecule has 112 valence electrons. The van der Waals surface area contributed by atoms with Crippen molar-refractivity contribution in [2.45, 2.75) is 19.0 Å². The molecule has 21 heavy (non-hydrogen) atoms. The molecule has 0 aromatic carbocycles. The summed E-state index contributed by atoms with van der Waals surface area (Å²) < 4.78 is 6.29. The molecule has 3 rings (SSSR count). The molecule has 1 saturated heterocycles. The first-order valence-electron chi connectivity index (χ1n) is 6.81. The van der Waals surface area contributed by atoms with Crippen LogP contribution in [0.15, 0.2) is 28.3 Å². The first kappa shape index (κ1) is 14.7. The number of hydrogen-bond acceptors (Lipinski definition) is 6. The van der Waals surface area contributed by atoms with Gasteiger partial charge in [0.1, 0.15) is 12.1 Å². The SMILES string of the molecule is COc1cc(NC2CCN(Cc3cc(Br)cs3)C2)ncn1. The number of anilines is 1. The smallest absolute Gasteiger partial charge is 0.218 e. The molecule has 7 heteroatoms. The number of ether oxygens (including phenoxy) is 1. The topological polar surface area (TPSA) is 50.3 Å². The van der Waals surface area contributed by atoms with Crippen LogP contribution in [-0.4, -0.2) is 41.1 Å². The minimum absolute atomic E-state index is 0.424. The highest BCUT2D eigenvalue weighted by atomic mass is 79.9. The summed E-state index contributed by atoms with van der Waals surface area (Å²) in [5.74, 6) is 1.42. The second-order valence-corrected chi connectivity index (χ2v) is 6.95. The van der Waals surface area contributed by atoms with Crippen LogP contribution in [0.25, 0.3) is 0 Å². The minimum Gasteiger partial charge on any atom is -0.481 e. The maximum absolute atomic E-state index is 5.12. The number of nitrogens with zero attached hydrogens (tertiary/aromatic N) is 3. The van der Waals surface area contributed by atoms with Gasteiger partial charge >= 0.3 is 0 Å². The number of thiophene rings is 1. The van der Waals surface area contributed by atoms with Gasteiger partial charge in [0.2, 0.25) is 5.88 Å². The van der Waals surface area contributed by atoms with Crippen LogP contribution in [0.2, 0.25) is 0 Å². The Labute approximate surface area is 136 Å². The first-order valence-corrected chi connectivity index (χ1v) is 8.48. The van der Waals surface area contributed by atoms with Crippen molar-refractivity contribution < 1.29 is 4.74 Å². The number of hydrogen-bond donors (Lipinski definition) is 1. The van der Waals surface area contributed by atoms with E-state index in [1.54, 1.807) is 18.4 Å². The van der Waals surface area contributed by atoms with Gasteiger partial charge in [0.15, 0.2) is 0 Å². The third kappa shape index (κ3) is 3.93. The lowest BCUT2D eigenvalue weighted by Gasteiger charge is -2.16. The predicted octanol–water partition coefficient (Wildman–Crippen LogP) is 3.00. The van der Waals surface area contributed by atoms with E-state index >= 15 is 0 Å². The lowest BCUT2D eigenvalue weighted by atomic mass is 10.2. The second kappa shape index (κ2) is 6.72. The summed E-state index contributed by atoms with van der Waals surface area (Å²) in [7, 11) is 1.61. The third-order valence-electron chi connectivity index (χ3n) is 3.48. The fourth-order valence-electron chi connectivity index (χ4n) is 2.49. The molecule has 0 radical (unpaired) electrons. The average Bonchev–Trinajstić information content (AvgIpc) is 3.09. The fraction of sp³-hybridized carbons (Fsp3) is 0.429. The van der Waals surface area contributed by atoms with E-state index in [1.807, 2.05) is 6.07 Å². The van der Waals surface area contributed by atoms with Crippen LogP contribution in [0, 0.1) is 0 Å². The van der Waals surface area contributed by atoms with Crippen molar-refractivity contribution in [3.8, 4) is 5.88 Å². The summed E-state index contributed by atoms with van der Waals surface area (Å²) >= 11 is 5.31. The highest BCUT2D eigenvalue weighted by molar-refractivity contribution is 9.10. The van der Waals surface area contributed by atoms with Crippen molar-refractivity contribution in [3.05, 3.63) is 33.2 Å². The summed E-state index contributed by atoms with van der Waals surface area (Å²) in [6, 6.07) is 4.45. The molecular formula is C14H17BrN4OS. The van der Waals surface area contributed by atoms with Gasteiger partial charge in [-0.05, 0) is 28.4 Å². The summed E-state index contributed by atoms with van der Waals surface area (Å²) in [6.45, 7) is 3.15. The Balaban J connectivity index is 1.54. The molecule has 1 fully saturated rings. The largest absolute Gasteiger partial charge is 0.481 e. The Kier molecular flexibility index (Phi) is 4.72. The Morgan fingerprint density at radius 3 is 3.14 bits per heavy atom. The van der Waals surface area contributed by atoms with Crippen molar-refractivity contribution in [1.29, 1.82) is 0 Å². The first-order chi connectivity index (χ1) is 10.2. The summed E-state index contributed by atoms with van der Waals surface area (Å²) in [6.07, 6.45) is 2.65. The number of likely N-dealkylation sites (tertiary alicyclic amines) is 1. The molecule has 1 unspecified atom stereocenters. The normalized spacial score (nSPS) is 18.9. The van der Waals surface area contributed by atoms with Crippen LogP contribution < -0.4 is 10.1 Å². The second-order valence-electron chi connectivity index (χ2n) is 5.04. The van der Waals surface area contributed by atoms with E-state index in [9.17, 15) is 0 Å². The average molecular weight is 369 g/mol. The maximum Gasteiger partial charge on any atom is 0.218 e. The summed E-state index contributed by atoms with van der Waals surface area (Å²) in [5, 5.41) is 5.59. The molecular weight excluding hydrogens is 352 g/mol. The van der Waals surface area contributed by atoms with Crippen molar-refractivity contribution >= 4 is 33.1 Å². The van der Waals surface area contributed by atoms with Gasteiger partial charge in [0, 0.05) is 46.5 Å². The van der Waals surface area contributed by atoms with Gasteiger partial charge in [-0.25, -0.2) is 9.97 Å². The van der Waals surface area contributed by atoms with Crippen LogP contribution in [0.3, 0.4) is 0 Å². The Hall–Kier alpha value is -1.18. The van der Waals surface area contributed by atoms with Gasteiger partial charge in [-0.2, -0.15) is 0 Å². The van der Waals surface area contributed by atoms with E-state index in [0.717, 1.165) is 31.9 Å². The third-order valence-corrected chi connectivity index (χ3v) is 5.16. The maximum atomic E-state index is 5.12. The van der Waals surface area contributed by atoms with Crippen LogP contribution in [0.1, 0.15) is 11.3 Å². The van der Waals surface area contributed by atoms with Crippen molar-refractivity contribution in [2.24, 2.45) is 0 Å². The number of rotatable bonds is 5. The lowest BCUT2D eigenvalue weighted by Crippen LogP contribution is -2.26. The van der Waals surface area contributed by atoms with Crippen molar-refractivity contribution in [2.75, 3.05) is 25.5 Å². The molecule has 3 heterocycles. The van der Waals surface area contributed by atoms with E-state index in [4.69, 9.17) is 4.74 Å². The number of aromatic nitrogens is 2. The van der Waals surface area contributed by atoms with Gasteiger partial charge in [-0.3, -0.25) is 4.90 Å². The van der Waals surface area contributed by atoms with E-state index in [0.29, 0.717) is 11.9 Å². The number of halogens is 1. The molecule has 1 N–H and O–H groups in total. The van der Waals surface area contributed by atoms with E-state index < -0.39 is 0 Å². The molecule has 1 aliphatic heterocycles. The van der Waals surface area contributed by atoms with Gasteiger partial charge in [-0.1, -0.05) is 0 Å². The van der Waals surface area contributed by atoms with Crippen LogP contribution in [-0.2, 0) is 6.54 Å². The predicted molar refractivity (Wildman–Crippen MR) is 87.9 cm³/mol. The van der Waals surface area contributed by atoms with Gasteiger partial charge in [0.05, 0.1) is 7.11 Å². The zero-order chi connectivity index (χ0) is 14.7. The molecule has 0 amide bonds. The van der Waals surface area contributed by atoms with Crippen molar-refractivity contribution in [3.63, 3.8) is 0 Å². The van der Waals surface area contributed by atoms with E-state index in [-0.39, 0.29) is 0 Å². The highest BCUT2D eigenvalue weighted by Crippen LogP contribution is 2.23. The number of nitrogens with one attached hydrogen (secondary N) is 1. The summed E-state index contributed by atoms with van der Waals surface area (Å²) in [4.78, 5) is 12.1. The lowest BCUT2D eigenvalue weighted by molar-refractivity contribution is 0.331. The molecule has 0 aliphatic carbocycles. The molecule has 0 saturated carbocycles. The fourth-order valence-corrected chi connectivity index (χ4v) is 3.98. The van der Waals surface area contributed by atoms with Gasteiger partial charge < -0.3 is 10.1 Å². The molecule has 1 aliphatic rings. The van der Waals surface area contributed by atoms with Crippen molar-refractivity contribution in [1.82, 2.24) is 14.9 Å². The Morgan fingerprint density at radius 1 is 1.48 bits per heavy atom. The van der Waals surface area contributed by atoms with Crippen LogP contribution >= 0.6 is 27.3 Å². The Bertz CT molecular complexity index is 606. The number of methoxy groups -OCH3 is 1. The van der Waals surface area contributed by atoms with E-state index in [1.165, 1.54) is 15.7 Å². The van der Waals surface area contributed by atoms with Gasteiger partial charge in [-0.15, -0.1) is 11.3 Å². The van der Waals surface area contributed by atoms with Crippen LogP contribution in [0.4, 0.5) is 5.82 Å². The molecule has 5 nitrogen and oxygen atoms in total. The molecule has 0 bridgehead atoms. The zero-order valence-electron chi connectivity index (χ0n) is 11.8. The minimum atomic E-state index is 0.424. The Morgan fingerprint density at radius 2 is 2.38 bits per heavy atom. The molecule has 1 atom stereocenters. The van der Waals surface area contributed by atoms with E-state index in [2.05, 4.69) is 47.6 Å².